The zero-order chi connectivity index (χ0) is 28.5. The van der Waals surface area contributed by atoms with Crippen LogP contribution in [-0.4, -0.2) is 61.2 Å². The predicted molar refractivity (Wildman–Crippen MR) is 164 cm³/mol. The monoisotopic (exact) mass is 559 g/mol. The Kier molecular flexibility index (Phi) is 7.40. The average molecular weight is 560 g/mol. The van der Waals surface area contributed by atoms with Crippen LogP contribution in [0, 0.1) is 6.92 Å². The summed E-state index contributed by atoms with van der Waals surface area (Å²) in [6.45, 7) is 5.39. The molecule has 3 aromatic carbocycles. The van der Waals surface area contributed by atoms with E-state index in [4.69, 9.17) is 0 Å². The molecular weight excluding hydrogens is 522 g/mol. The van der Waals surface area contributed by atoms with E-state index in [0.29, 0.717) is 5.56 Å². The highest BCUT2D eigenvalue weighted by atomic mass is 16.1. The van der Waals surface area contributed by atoms with Crippen LogP contribution in [0.25, 0.3) is 10.9 Å². The Morgan fingerprint density at radius 1 is 0.786 bits per heavy atom. The third-order valence-electron chi connectivity index (χ3n) is 9.07. The van der Waals surface area contributed by atoms with Crippen molar-refractivity contribution in [2.24, 2.45) is 0 Å². The molecule has 214 valence electrons. The minimum atomic E-state index is -0.330. The maximum Gasteiger partial charge on any atom is 0.253 e. The van der Waals surface area contributed by atoms with Crippen molar-refractivity contribution >= 4 is 10.9 Å². The SMILES string of the molecule is Cc1ccc2[nH]c(=O)c([C@@H](c3nnnn3C3CCCC3)N3CCN(C(c4ccccc4)c4ccccc4)CC3)cc2c1. The molecule has 1 aliphatic heterocycles. The summed E-state index contributed by atoms with van der Waals surface area (Å²) >= 11 is 0. The molecule has 0 bridgehead atoms. The fraction of sp³-hybridized carbons (Fsp3) is 0.353. The van der Waals surface area contributed by atoms with Gasteiger partial charge in [0.1, 0.15) is 6.04 Å². The average Bonchev–Trinajstić information content (AvgIpc) is 3.73. The number of benzene rings is 3. The Hall–Kier alpha value is -4.14. The third kappa shape index (κ3) is 5.16. The second kappa shape index (κ2) is 11.6. The highest BCUT2D eigenvalue weighted by Crippen LogP contribution is 2.36. The number of hydrogen-bond acceptors (Lipinski definition) is 6. The lowest BCUT2D eigenvalue weighted by Gasteiger charge is -2.42. The third-order valence-corrected chi connectivity index (χ3v) is 9.07. The van der Waals surface area contributed by atoms with Crippen molar-refractivity contribution < 1.29 is 0 Å². The van der Waals surface area contributed by atoms with Crippen LogP contribution >= 0.6 is 0 Å². The maximum atomic E-state index is 13.7. The van der Waals surface area contributed by atoms with Gasteiger partial charge in [-0.15, -0.1) is 5.10 Å². The van der Waals surface area contributed by atoms with Crippen LogP contribution in [0.4, 0.5) is 0 Å². The normalized spacial score (nSPS) is 17.8. The molecule has 1 saturated carbocycles. The van der Waals surface area contributed by atoms with Crippen molar-refractivity contribution in [3.63, 3.8) is 0 Å². The predicted octanol–water partition coefficient (Wildman–Crippen LogP) is 5.43. The Balaban J connectivity index is 1.25. The van der Waals surface area contributed by atoms with E-state index in [1.807, 2.05) is 16.8 Å². The number of aromatic amines is 1. The molecule has 42 heavy (non-hydrogen) atoms. The first-order valence-corrected chi connectivity index (χ1v) is 15.1. The van der Waals surface area contributed by atoms with Gasteiger partial charge in [-0.3, -0.25) is 14.6 Å². The first-order chi connectivity index (χ1) is 20.7. The summed E-state index contributed by atoms with van der Waals surface area (Å²) in [5.41, 5.74) is 5.22. The summed E-state index contributed by atoms with van der Waals surface area (Å²) < 4.78 is 2.01. The van der Waals surface area contributed by atoms with Crippen molar-refractivity contribution in [1.29, 1.82) is 0 Å². The van der Waals surface area contributed by atoms with E-state index in [0.717, 1.165) is 61.3 Å². The quantitative estimate of drug-likeness (QED) is 0.286. The van der Waals surface area contributed by atoms with Gasteiger partial charge in [-0.25, -0.2) is 4.68 Å². The van der Waals surface area contributed by atoms with Gasteiger partial charge in [-0.2, -0.15) is 0 Å². The molecule has 8 nitrogen and oxygen atoms in total. The smallest absolute Gasteiger partial charge is 0.253 e. The van der Waals surface area contributed by atoms with Gasteiger partial charge in [0.2, 0.25) is 0 Å². The first kappa shape index (κ1) is 26.7. The first-order valence-electron chi connectivity index (χ1n) is 15.1. The van der Waals surface area contributed by atoms with Crippen LogP contribution in [0.1, 0.15) is 71.9 Å². The summed E-state index contributed by atoms with van der Waals surface area (Å²) in [6, 6.07) is 29.8. The molecule has 0 radical (unpaired) electrons. The molecule has 2 aliphatic rings. The number of piperazine rings is 1. The maximum absolute atomic E-state index is 13.7. The number of aryl methyl sites for hydroxylation is 1. The Labute approximate surface area is 246 Å². The van der Waals surface area contributed by atoms with Gasteiger partial charge in [0, 0.05) is 37.3 Å². The van der Waals surface area contributed by atoms with E-state index >= 15 is 0 Å². The van der Waals surface area contributed by atoms with E-state index in [1.165, 1.54) is 24.0 Å². The lowest BCUT2D eigenvalue weighted by atomic mass is 9.96. The van der Waals surface area contributed by atoms with Gasteiger partial charge in [-0.05, 0) is 64.9 Å². The minimum Gasteiger partial charge on any atom is -0.322 e. The fourth-order valence-corrected chi connectivity index (χ4v) is 6.97. The number of hydrogen-bond donors (Lipinski definition) is 1. The van der Waals surface area contributed by atoms with Gasteiger partial charge in [0.15, 0.2) is 5.82 Å². The molecular formula is C34H37N7O. The molecule has 8 heteroatoms. The molecule has 2 fully saturated rings. The summed E-state index contributed by atoms with van der Waals surface area (Å²) in [6.07, 6.45) is 4.51. The van der Waals surface area contributed by atoms with Crippen LogP contribution < -0.4 is 5.56 Å². The van der Waals surface area contributed by atoms with Crippen molar-refractivity contribution in [1.82, 2.24) is 35.0 Å². The van der Waals surface area contributed by atoms with E-state index in [1.54, 1.807) is 0 Å². The van der Waals surface area contributed by atoms with Crippen molar-refractivity contribution in [2.45, 2.75) is 50.7 Å². The highest BCUT2D eigenvalue weighted by Gasteiger charge is 2.36. The fourth-order valence-electron chi connectivity index (χ4n) is 6.97. The molecule has 3 heterocycles. The van der Waals surface area contributed by atoms with Crippen LogP contribution in [0.5, 0.6) is 0 Å². The standard InChI is InChI=1S/C34H37N7O/c1-24-16-17-30-27(22-24)23-29(34(42)35-30)32(33-36-37-38-41(33)28-14-8-9-15-28)40-20-18-39(19-21-40)31(25-10-4-2-5-11-25)26-12-6-3-7-13-26/h2-7,10-13,16-17,22-23,28,31-32H,8-9,14-15,18-21H2,1H3,(H,35,42)/t32-/m0/s1. The lowest BCUT2D eigenvalue weighted by Crippen LogP contribution is -2.50. The molecule has 1 saturated heterocycles. The Morgan fingerprint density at radius 3 is 2.05 bits per heavy atom. The topological polar surface area (TPSA) is 82.9 Å². The number of aromatic nitrogens is 5. The second-order valence-corrected chi connectivity index (χ2v) is 11.8. The van der Waals surface area contributed by atoms with Crippen molar-refractivity contribution in [2.75, 3.05) is 26.2 Å². The van der Waals surface area contributed by atoms with Crippen molar-refractivity contribution in [3.05, 3.63) is 123 Å². The number of nitrogens with one attached hydrogen (secondary N) is 1. The number of H-pyrrole nitrogens is 1. The zero-order valence-electron chi connectivity index (χ0n) is 24.1. The Bertz CT molecular complexity index is 1660. The molecule has 2 aromatic heterocycles. The number of tetrazole rings is 1. The van der Waals surface area contributed by atoms with Gasteiger partial charge in [-0.1, -0.05) is 85.1 Å². The highest BCUT2D eigenvalue weighted by molar-refractivity contribution is 5.79. The number of fused-ring (bicyclic) bond motifs is 1. The Morgan fingerprint density at radius 2 is 1.40 bits per heavy atom. The summed E-state index contributed by atoms with van der Waals surface area (Å²) in [4.78, 5) is 21.8. The molecule has 1 aliphatic carbocycles. The molecule has 0 amide bonds. The van der Waals surface area contributed by atoms with E-state index < -0.39 is 0 Å². The van der Waals surface area contributed by atoms with Crippen LogP contribution in [-0.2, 0) is 0 Å². The molecule has 1 N–H and O–H groups in total. The molecule has 0 unspecified atom stereocenters. The molecule has 1 atom stereocenters. The lowest BCUT2D eigenvalue weighted by molar-refractivity contribution is 0.0850. The van der Waals surface area contributed by atoms with E-state index in [2.05, 4.69) is 110 Å². The molecule has 0 spiro atoms. The van der Waals surface area contributed by atoms with Gasteiger partial charge >= 0.3 is 0 Å². The molecule has 5 aromatic rings. The molecule has 7 rings (SSSR count). The van der Waals surface area contributed by atoms with Crippen LogP contribution in [0.15, 0.2) is 89.7 Å². The summed E-state index contributed by atoms with van der Waals surface area (Å²) in [7, 11) is 0. The van der Waals surface area contributed by atoms with Crippen LogP contribution in [0.2, 0.25) is 0 Å². The summed E-state index contributed by atoms with van der Waals surface area (Å²) in [5, 5.41) is 14.2. The number of pyridine rings is 1. The van der Waals surface area contributed by atoms with Crippen LogP contribution in [0.3, 0.4) is 0 Å². The van der Waals surface area contributed by atoms with Gasteiger partial charge < -0.3 is 4.98 Å². The zero-order valence-corrected chi connectivity index (χ0v) is 24.1. The summed E-state index contributed by atoms with van der Waals surface area (Å²) in [5.74, 6) is 0.774. The number of nitrogens with zero attached hydrogens (tertiary/aromatic N) is 6. The van der Waals surface area contributed by atoms with Crippen molar-refractivity contribution in [3.8, 4) is 0 Å². The second-order valence-electron chi connectivity index (χ2n) is 11.8. The van der Waals surface area contributed by atoms with Gasteiger partial charge in [0.25, 0.3) is 5.56 Å². The van der Waals surface area contributed by atoms with E-state index in [9.17, 15) is 4.79 Å². The van der Waals surface area contributed by atoms with E-state index in [-0.39, 0.29) is 23.7 Å². The minimum absolute atomic E-state index is 0.0776. The largest absolute Gasteiger partial charge is 0.322 e. The number of rotatable bonds is 7. The van der Waals surface area contributed by atoms with Gasteiger partial charge in [0.05, 0.1) is 12.1 Å².